The first-order valence-corrected chi connectivity index (χ1v) is 9.47. The molecule has 5 heterocycles. The highest BCUT2D eigenvalue weighted by Gasteiger charge is 2.17. The molecule has 5 rings (SSSR count). The molecule has 142 valence electrons. The van der Waals surface area contributed by atoms with Crippen molar-refractivity contribution in [1.29, 1.82) is 0 Å². The standard InChI is InChI=1S/C21H21FN6/c1-13-10-27(6-5-23-13)17-7-15-3-4-19(26-20(15)24-9-17)16-8-18(22)21-25-14(2)11-28(21)12-16/h3-4,7-9,11-13,23H,5-6,10H2,1-2H3. The first kappa shape index (κ1) is 17.1. The third-order valence-electron chi connectivity index (χ3n) is 5.18. The van der Waals surface area contributed by atoms with Crippen molar-refractivity contribution in [2.45, 2.75) is 19.9 Å². The highest BCUT2D eigenvalue weighted by atomic mass is 19.1. The summed E-state index contributed by atoms with van der Waals surface area (Å²) in [7, 11) is 0. The van der Waals surface area contributed by atoms with Crippen molar-refractivity contribution in [3.63, 3.8) is 0 Å². The number of anilines is 1. The molecule has 1 aliphatic heterocycles. The predicted octanol–water partition coefficient (Wildman–Crippen LogP) is 3.19. The number of pyridine rings is 3. The Hall–Kier alpha value is -3.06. The quantitative estimate of drug-likeness (QED) is 0.582. The van der Waals surface area contributed by atoms with Crippen LogP contribution < -0.4 is 10.2 Å². The predicted molar refractivity (Wildman–Crippen MR) is 108 cm³/mol. The van der Waals surface area contributed by atoms with Crippen LogP contribution in [0.25, 0.3) is 27.9 Å². The molecule has 6 nitrogen and oxygen atoms in total. The summed E-state index contributed by atoms with van der Waals surface area (Å²) in [6, 6.07) is 7.98. The number of nitrogens with one attached hydrogen (secondary N) is 1. The second kappa shape index (κ2) is 6.53. The lowest BCUT2D eigenvalue weighted by Crippen LogP contribution is -2.49. The van der Waals surface area contributed by atoms with Gasteiger partial charge in [0.2, 0.25) is 0 Å². The van der Waals surface area contributed by atoms with Gasteiger partial charge in [0, 0.05) is 49.0 Å². The summed E-state index contributed by atoms with van der Waals surface area (Å²) >= 11 is 0. The lowest BCUT2D eigenvalue weighted by Gasteiger charge is -2.33. The Labute approximate surface area is 162 Å². The zero-order valence-electron chi connectivity index (χ0n) is 15.9. The van der Waals surface area contributed by atoms with Crippen molar-refractivity contribution in [2.24, 2.45) is 0 Å². The smallest absolute Gasteiger partial charge is 0.173 e. The zero-order chi connectivity index (χ0) is 19.3. The highest BCUT2D eigenvalue weighted by Crippen LogP contribution is 2.25. The van der Waals surface area contributed by atoms with Crippen LogP contribution in [0.15, 0.2) is 42.9 Å². The van der Waals surface area contributed by atoms with Gasteiger partial charge in [-0.3, -0.25) is 0 Å². The Morgan fingerprint density at radius 3 is 2.93 bits per heavy atom. The number of piperazine rings is 1. The molecule has 0 radical (unpaired) electrons. The maximum absolute atomic E-state index is 14.4. The average Bonchev–Trinajstić information content (AvgIpc) is 3.08. The van der Waals surface area contributed by atoms with E-state index < -0.39 is 0 Å². The number of aromatic nitrogens is 4. The zero-order valence-corrected chi connectivity index (χ0v) is 15.9. The van der Waals surface area contributed by atoms with E-state index in [4.69, 9.17) is 0 Å². The van der Waals surface area contributed by atoms with E-state index in [1.165, 1.54) is 6.07 Å². The third kappa shape index (κ3) is 2.97. The largest absolute Gasteiger partial charge is 0.367 e. The fourth-order valence-corrected chi connectivity index (χ4v) is 3.82. The molecular weight excluding hydrogens is 355 g/mol. The molecule has 0 spiro atoms. The van der Waals surface area contributed by atoms with Gasteiger partial charge in [0.25, 0.3) is 0 Å². The van der Waals surface area contributed by atoms with Gasteiger partial charge >= 0.3 is 0 Å². The molecule has 4 aromatic heterocycles. The number of fused-ring (bicyclic) bond motifs is 2. The lowest BCUT2D eigenvalue weighted by molar-refractivity contribution is 0.484. The van der Waals surface area contributed by atoms with Crippen molar-refractivity contribution in [3.05, 3.63) is 54.4 Å². The summed E-state index contributed by atoms with van der Waals surface area (Å²) in [5.74, 6) is -0.358. The van der Waals surface area contributed by atoms with Crippen LogP contribution >= 0.6 is 0 Å². The monoisotopic (exact) mass is 376 g/mol. The molecule has 1 N–H and O–H groups in total. The van der Waals surface area contributed by atoms with Crippen molar-refractivity contribution in [2.75, 3.05) is 24.5 Å². The van der Waals surface area contributed by atoms with Gasteiger partial charge < -0.3 is 14.6 Å². The van der Waals surface area contributed by atoms with Gasteiger partial charge in [-0.05, 0) is 38.1 Å². The molecule has 1 aliphatic rings. The molecule has 0 saturated carbocycles. The van der Waals surface area contributed by atoms with Crippen LogP contribution in [-0.2, 0) is 0 Å². The van der Waals surface area contributed by atoms with E-state index in [-0.39, 0.29) is 5.82 Å². The molecule has 1 saturated heterocycles. The SMILES string of the molecule is Cc1cn2cc(-c3ccc4cc(N5CCNC(C)C5)cnc4n3)cc(F)c2n1. The second-order valence-electron chi connectivity index (χ2n) is 7.43. The number of imidazole rings is 1. The van der Waals surface area contributed by atoms with E-state index in [9.17, 15) is 4.39 Å². The Morgan fingerprint density at radius 2 is 2.07 bits per heavy atom. The van der Waals surface area contributed by atoms with Crippen LogP contribution in [0.5, 0.6) is 0 Å². The molecule has 1 unspecified atom stereocenters. The molecule has 4 aromatic rings. The van der Waals surface area contributed by atoms with Crippen LogP contribution in [0.1, 0.15) is 12.6 Å². The maximum Gasteiger partial charge on any atom is 0.173 e. The van der Waals surface area contributed by atoms with E-state index in [1.54, 1.807) is 4.40 Å². The minimum atomic E-state index is -0.358. The van der Waals surface area contributed by atoms with E-state index in [0.717, 1.165) is 36.4 Å². The van der Waals surface area contributed by atoms with Crippen molar-refractivity contribution in [3.8, 4) is 11.3 Å². The van der Waals surface area contributed by atoms with Gasteiger partial charge in [0.05, 0.1) is 23.3 Å². The van der Waals surface area contributed by atoms with E-state index in [1.807, 2.05) is 37.6 Å². The summed E-state index contributed by atoms with van der Waals surface area (Å²) in [4.78, 5) is 15.8. The lowest BCUT2D eigenvalue weighted by atomic mass is 10.1. The molecule has 0 bridgehead atoms. The van der Waals surface area contributed by atoms with Crippen LogP contribution in [-0.4, -0.2) is 45.0 Å². The number of rotatable bonds is 2. The fraction of sp³-hybridized carbons (Fsp3) is 0.286. The first-order chi connectivity index (χ1) is 13.6. The van der Waals surface area contributed by atoms with Gasteiger partial charge in [-0.1, -0.05) is 0 Å². The normalized spacial score (nSPS) is 17.5. The van der Waals surface area contributed by atoms with Crippen LogP contribution in [0.4, 0.5) is 10.1 Å². The summed E-state index contributed by atoms with van der Waals surface area (Å²) in [6.07, 6.45) is 5.53. The summed E-state index contributed by atoms with van der Waals surface area (Å²) < 4.78 is 16.1. The number of hydrogen-bond donors (Lipinski definition) is 1. The Morgan fingerprint density at radius 1 is 1.18 bits per heavy atom. The maximum atomic E-state index is 14.4. The first-order valence-electron chi connectivity index (χ1n) is 9.47. The molecule has 0 aliphatic carbocycles. The molecule has 0 aromatic carbocycles. The topological polar surface area (TPSA) is 58.4 Å². The summed E-state index contributed by atoms with van der Waals surface area (Å²) in [5, 5.41) is 4.43. The number of hydrogen-bond acceptors (Lipinski definition) is 5. The number of aryl methyl sites for hydroxylation is 1. The van der Waals surface area contributed by atoms with E-state index in [0.29, 0.717) is 28.6 Å². The molecule has 7 heteroatoms. The van der Waals surface area contributed by atoms with Gasteiger partial charge in [0.1, 0.15) is 0 Å². The van der Waals surface area contributed by atoms with Crippen molar-refractivity contribution >= 4 is 22.4 Å². The van der Waals surface area contributed by atoms with Crippen molar-refractivity contribution < 1.29 is 4.39 Å². The Kier molecular flexibility index (Phi) is 3.98. The van der Waals surface area contributed by atoms with Crippen LogP contribution in [0, 0.1) is 12.7 Å². The molecule has 1 atom stereocenters. The summed E-state index contributed by atoms with van der Waals surface area (Å²) in [5.41, 5.74) is 4.26. The fourth-order valence-electron chi connectivity index (χ4n) is 3.82. The molecule has 0 amide bonds. The van der Waals surface area contributed by atoms with Gasteiger partial charge in [-0.25, -0.2) is 19.3 Å². The van der Waals surface area contributed by atoms with E-state index >= 15 is 0 Å². The molecule has 1 fully saturated rings. The average molecular weight is 376 g/mol. The Balaban J connectivity index is 1.52. The Bertz CT molecular complexity index is 1180. The summed E-state index contributed by atoms with van der Waals surface area (Å²) in [6.45, 7) is 6.93. The minimum absolute atomic E-state index is 0.329. The second-order valence-corrected chi connectivity index (χ2v) is 7.43. The van der Waals surface area contributed by atoms with Gasteiger partial charge in [0.15, 0.2) is 17.1 Å². The van der Waals surface area contributed by atoms with Gasteiger partial charge in [-0.15, -0.1) is 0 Å². The molecule has 28 heavy (non-hydrogen) atoms. The van der Waals surface area contributed by atoms with E-state index in [2.05, 4.69) is 38.2 Å². The third-order valence-corrected chi connectivity index (χ3v) is 5.18. The highest BCUT2D eigenvalue weighted by molar-refractivity contribution is 5.81. The van der Waals surface area contributed by atoms with Crippen molar-refractivity contribution in [1.82, 2.24) is 24.7 Å². The molecular formula is C21H21FN6. The van der Waals surface area contributed by atoms with Crippen LogP contribution in [0.2, 0.25) is 0 Å². The number of halogens is 1. The van der Waals surface area contributed by atoms with Gasteiger partial charge in [-0.2, -0.15) is 0 Å². The minimum Gasteiger partial charge on any atom is -0.367 e. The number of nitrogens with zero attached hydrogens (tertiary/aromatic N) is 5. The van der Waals surface area contributed by atoms with Crippen LogP contribution in [0.3, 0.4) is 0 Å².